The zero-order valence-electron chi connectivity index (χ0n) is 14.7. The number of hydrogen-bond donors (Lipinski definition) is 1. The Balaban J connectivity index is 1.90. The third kappa shape index (κ3) is 2.79. The largest absolute Gasteiger partial charge is 0.506 e. The third-order valence-corrected chi connectivity index (χ3v) is 5.63. The molecule has 1 heterocycles. The monoisotopic (exact) mass is 347 g/mol. The standard InChI is InChI=1S/C22H21NOS/c1-22(2,3)15-11-13-16(14-12-15)23-17-7-4-5-9-19(17)25-20-10-6-8-18(24)21(20)23/h4-14,24H,1-3H3. The molecule has 0 fully saturated rings. The molecule has 1 N–H and O–H groups in total. The number of fused-ring (bicyclic) bond motifs is 2. The molecular formula is C22H21NOS. The summed E-state index contributed by atoms with van der Waals surface area (Å²) < 4.78 is 0. The van der Waals surface area contributed by atoms with Gasteiger partial charge in [-0.1, -0.05) is 62.9 Å². The first kappa shape index (κ1) is 16.1. The van der Waals surface area contributed by atoms with Crippen molar-refractivity contribution in [1.29, 1.82) is 0 Å². The molecule has 0 atom stereocenters. The van der Waals surface area contributed by atoms with Gasteiger partial charge >= 0.3 is 0 Å². The average Bonchev–Trinajstić information content (AvgIpc) is 2.59. The summed E-state index contributed by atoms with van der Waals surface area (Å²) in [5.41, 5.74) is 4.44. The molecular weight excluding hydrogens is 326 g/mol. The van der Waals surface area contributed by atoms with Crippen LogP contribution in [0.5, 0.6) is 5.75 Å². The van der Waals surface area contributed by atoms with Crippen molar-refractivity contribution < 1.29 is 5.11 Å². The maximum atomic E-state index is 10.5. The highest BCUT2D eigenvalue weighted by Gasteiger charge is 2.27. The van der Waals surface area contributed by atoms with E-state index < -0.39 is 0 Å². The number of nitrogens with zero attached hydrogens (tertiary/aromatic N) is 1. The van der Waals surface area contributed by atoms with Gasteiger partial charge < -0.3 is 10.0 Å². The van der Waals surface area contributed by atoms with Gasteiger partial charge in [-0.15, -0.1) is 0 Å². The summed E-state index contributed by atoms with van der Waals surface area (Å²) in [5, 5.41) is 10.5. The van der Waals surface area contributed by atoms with Gasteiger partial charge in [0.2, 0.25) is 0 Å². The van der Waals surface area contributed by atoms with Crippen LogP contribution in [0.4, 0.5) is 17.1 Å². The predicted octanol–water partition coefficient (Wildman–Crippen LogP) is 6.62. The van der Waals surface area contributed by atoms with E-state index in [1.54, 1.807) is 17.8 Å². The molecule has 0 saturated heterocycles. The van der Waals surface area contributed by atoms with Crippen molar-refractivity contribution in [2.24, 2.45) is 0 Å². The van der Waals surface area contributed by atoms with Gasteiger partial charge in [-0.05, 0) is 47.4 Å². The Morgan fingerprint density at radius 3 is 2.20 bits per heavy atom. The minimum atomic E-state index is 0.119. The molecule has 3 aromatic rings. The van der Waals surface area contributed by atoms with E-state index >= 15 is 0 Å². The van der Waals surface area contributed by atoms with E-state index in [9.17, 15) is 5.11 Å². The van der Waals surface area contributed by atoms with Gasteiger partial charge in [0.15, 0.2) is 0 Å². The molecule has 0 aromatic heterocycles. The number of phenols is 1. The number of hydrogen-bond acceptors (Lipinski definition) is 3. The Bertz CT molecular complexity index is 926. The lowest BCUT2D eigenvalue weighted by atomic mass is 9.87. The summed E-state index contributed by atoms with van der Waals surface area (Å²) in [6.45, 7) is 6.65. The zero-order valence-corrected chi connectivity index (χ0v) is 15.5. The Morgan fingerprint density at radius 2 is 1.48 bits per heavy atom. The van der Waals surface area contributed by atoms with E-state index in [1.807, 2.05) is 12.1 Å². The number of anilines is 3. The molecule has 2 nitrogen and oxygen atoms in total. The van der Waals surface area contributed by atoms with Crippen LogP contribution < -0.4 is 4.90 Å². The van der Waals surface area contributed by atoms with Crippen molar-refractivity contribution in [1.82, 2.24) is 0 Å². The fourth-order valence-corrected chi connectivity index (χ4v) is 4.25. The van der Waals surface area contributed by atoms with Crippen LogP contribution in [0.25, 0.3) is 0 Å². The fourth-order valence-electron chi connectivity index (χ4n) is 3.16. The van der Waals surface area contributed by atoms with Gasteiger partial charge in [-0.3, -0.25) is 0 Å². The second-order valence-electron chi connectivity index (χ2n) is 7.33. The van der Waals surface area contributed by atoms with Crippen molar-refractivity contribution in [3.8, 4) is 5.75 Å². The molecule has 1 aliphatic rings. The number of benzene rings is 3. The zero-order chi connectivity index (χ0) is 17.6. The van der Waals surface area contributed by atoms with Crippen molar-refractivity contribution in [2.45, 2.75) is 36.0 Å². The number of aromatic hydroxyl groups is 1. The molecule has 0 radical (unpaired) electrons. The first-order chi connectivity index (χ1) is 11.9. The van der Waals surface area contributed by atoms with Gasteiger partial charge in [0.1, 0.15) is 11.4 Å². The van der Waals surface area contributed by atoms with E-state index in [4.69, 9.17) is 0 Å². The summed E-state index contributed by atoms with van der Waals surface area (Å²) in [6, 6.07) is 22.7. The minimum absolute atomic E-state index is 0.119. The molecule has 3 heteroatoms. The molecule has 1 aliphatic heterocycles. The Morgan fingerprint density at radius 1 is 0.800 bits per heavy atom. The van der Waals surface area contributed by atoms with Gasteiger partial charge in [0.25, 0.3) is 0 Å². The Labute approximate surface area is 153 Å². The molecule has 3 aromatic carbocycles. The molecule has 25 heavy (non-hydrogen) atoms. The second-order valence-corrected chi connectivity index (χ2v) is 8.41. The SMILES string of the molecule is CC(C)(C)c1ccc(N2c3ccccc3Sc3cccc(O)c32)cc1. The molecule has 0 spiro atoms. The third-order valence-electron chi connectivity index (χ3n) is 4.52. The topological polar surface area (TPSA) is 23.5 Å². The lowest BCUT2D eigenvalue weighted by Crippen LogP contribution is -2.16. The summed E-state index contributed by atoms with van der Waals surface area (Å²) in [7, 11) is 0. The second kappa shape index (κ2) is 5.85. The fraction of sp³-hybridized carbons (Fsp3) is 0.182. The summed E-state index contributed by atoms with van der Waals surface area (Å²) in [5.74, 6) is 0.305. The van der Waals surface area contributed by atoms with Crippen LogP contribution in [-0.4, -0.2) is 5.11 Å². The molecule has 4 rings (SSSR count). The molecule has 126 valence electrons. The average molecular weight is 347 g/mol. The van der Waals surface area contributed by atoms with Gasteiger partial charge in [0.05, 0.1) is 5.69 Å². The van der Waals surface area contributed by atoms with Gasteiger partial charge in [0, 0.05) is 15.5 Å². The molecule has 0 amide bonds. The lowest BCUT2D eigenvalue weighted by Gasteiger charge is -2.33. The van der Waals surface area contributed by atoms with Crippen LogP contribution in [0.1, 0.15) is 26.3 Å². The van der Waals surface area contributed by atoms with Crippen LogP contribution in [0, 0.1) is 0 Å². The quantitative estimate of drug-likeness (QED) is 0.418. The van der Waals surface area contributed by atoms with Crippen LogP contribution >= 0.6 is 11.8 Å². The molecule has 0 unspecified atom stereocenters. The first-order valence-electron chi connectivity index (χ1n) is 8.45. The summed E-state index contributed by atoms with van der Waals surface area (Å²) >= 11 is 1.70. The summed E-state index contributed by atoms with van der Waals surface area (Å²) in [6.07, 6.45) is 0. The molecule has 0 aliphatic carbocycles. The van der Waals surface area contributed by atoms with Crippen molar-refractivity contribution >= 4 is 28.8 Å². The van der Waals surface area contributed by atoms with E-state index in [-0.39, 0.29) is 5.41 Å². The maximum Gasteiger partial charge on any atom is 0.140 e. The van der Waals surface area contributed by atoms with E-state index in [2.05, 4.69) is 74.2 Å². The Kier molecular flexibility index (Phi) is 3.77. The normalized spacial score (nSPS) is 13.3. The number of phenolic OH excluding ortho intramolecular Hbond substituents is 1. The van der Waals surface area contributed by atoms with Crippen molar-refractivity contribution in [3.05, 3.63) is 72.3 Å². The highest BCUT2D eigenvalue weighted by atomic mass is 32.2. The minimum Gasteiger partial charge on any atom is -0.506 e. The highest BCUT2D eigenvalue weighted by molar-refractivity contribution is 7.99. The van der Waals surface area contributed by atoms with Gasteiger partial charge in [-0.2, -0.15) is 0 Å². The smallest absolute Gasteiger partial charge is 0.140 e. The van der Waals surface area contributed by atoms with Crippen LogP contribution in [0.3, 0.4) is 0 Å². The first-order valence-corrected chi connectivity index (χ1v) is 9.26. The van der Waals surface area contributed by atoms with E-state index in [0.29, 0.717) is 5.75 Å². The van der Waals surface area contributed by atoms with E-state index in [0.717, 1.165) is 22.0 Å². The van der Waals surface area contributed by atoms with Gasteiger partial charge in [-0.25, -0.2) is 0 Å². The lowest BCUT2D eigenvalue weighted by molar-refractivity contribution is 0.475. The van der Waals surface area contributed by atoms with Crippen LogP contribution in [0.2, 0.25) is 0 Å². The van der Waals surface area contributed by atoms with Crippen molar-refractivity contribution in [3.63, 3.8) is 0 Å². The molecule has 0 saturated carbocycles. The number of rotatable bonds is 1. The molecule has 0 bridgehead atoms. The predicted molar refractivity (Wildman–Crippen MR) is 106 cm³/mol. The van der Waals surface area contributed by atoms with Crippen LogP contribution in [-0.2, 0) is 5.41 Å². The highest BCUT2D eigenvalue weighted by Crippen LogP contribution is 2.54. The van der Waals surface area contributed by atoms with E-state index in [1.165, 1.54) is 10.5 Å². The Hall–Kier alpha value is -2.39. The maximum absolute atomic E-state index is 10.5. The summed E-state index contributed by atoms with van der Waals surface area (Å²) in [4.78, 5) is 4.42. The van der Waals surface area contributed by atoms with Crippen LogP contribution in [0.15, 0.2) is 76.5 Å². The number of para-hydroxylation sites is 2. The van der Waals surface area contributed by atoms with Crippen molar-refractivity contribution in [2.75, 3.05) is 4.90 Å².